The molecule has 0 aliphatic carbocycles. The maximum Gasteiger partial charge on any atom is 0.307 e. The van der Waals surface area contributed by atoms with Crippen LogP contribution in [0.2, 0.25) is 0 Å². The van der Waals surface area contributed by atoms with Crippen LogP contribution in [0.25, 0.3) is 0 Å². The summed E-state index contributed by atoms with van der Waals surface area (Å²) in [5.74, 6) is 0. The van der Waals surface area contributed by atoms with Crippen LogP contribution >= 0.6 is 27.3 Å². The van der Waals surface area contributed by atoms with Crippen molar-refractivity contribution in [3.63, 3.8) is 0 Å². The zero-order valence-corrected chi connectivity index (χ0v) is 12.1. The van der Waals surface area contributed by atoms with E-state index in [4.69, 9.17) is 5.73 Å². The lowest BCUT2D eigenvalue weighted by atomic mass is 10.2. The highest BCUT2D eigenvalue weighted by molar-refractivity contribution is 9.10. The fourth-order valence-corrected chi connectivity index (χ4v) is 3.11. The number of nitrogen functional groups attached to an aromatic ring is 1. The van der Waals surface area contributed by atoms with E-state index in [0.717, 1.165) is 20.6 Å². The summed E-state index contributed by atoms with van der Waals surface area (Å²) >= 11 is 4.69. The van der Waals surface area contributed by atoms with E-state index in [1.54, 1.807) is 4.57 Å². The fraction of sp³-hybridized carbons (Fsp3) is 0.250. The van der Waals surface area contributed by atoms with Gasteiger partial charge in [0, 0.05) is 20.7 Å². The zero-order chi connectivity index (χ0) is 12.6. The summed E-state index contributed by atoms with van der Waals surface area (Å²) in [4.78, 5) is 12.9. The van der Waals surface area contributed by atoms with Gasteiger partial charge in [0.05, 0.1) is 6.54 Å². The van der Waals surface area contributed by atoms with Crippen LogP contribution in [0.4, 0.5) is 5.69 Å². The van der Waals surface area contributed by atoms with Crippen molar-refractivity contribution in [1.29, 1.82) is 0 Å². The third-order valence-corrected chi connectivity index (χ3v) is 4.15. The average molecular weight is 313 g/mol. The highest BCUT2D eigenvalue weighted by Gasteiger charge is 2.08. The minimum Gasteiger partial charge on any atom is -0.399 e. The van der Waals surface area contributed by atoms with Crippen LogP contribution in [-0.2, 0) is 6.54 Å². The van der Waals surface area contributed by atoms with Crippen molar-refractivity contribution in [2.24, 2.45) is 0 Å². The number of hydrogen-bond acceptors (Lipinski definition) is 3. The number of aryl methyl sites for hydroxylation is 1. The van der Waals surface area contributed by atoms with E-state index < -0.39 is 0 Å². The Labute approximate surface area is 112 Å². The standard InChI is InChI=1S/C12H13BrN2OS/c1-7-8(2)17-12(16)15(7)6-9-3-10(13)5-11(14)4-9/h3-5H,6,14H2,1-2H3. The van der Waals surface area contributed by atoms with Gasteiger partial charge in [0.15, 0.2) is 0 Å². The van der Waals surface area contributed by atoms with Gasteiger partial charge >= 0.3 is 4.87 Å². The molecule has 2 rings (SSSR count). The number of rotatable bonds is 2. The summed E-state index contributed by atoms with van der Waals surface area (Å²) in [6.07, 6.45) is 0. The molecule has 17 heavy (non-hydrogen) atoms. The number of nitrogens with two attached hydrogens (primary N) is 1. The number of thiazole rings is 1. The van der Waals surface area contributed by atoms with E-state index >= 15 is 0 Å². The maximum absolute atomic E-state index is 11.8. The molecule has 0 fully saturated rings. The fourth-order valence-electron chi connectivity index (χ4n) is 1.72. The molecule has 0 aliphatic rings. The van der Waals surface area contributed by atoms with Crippen molar-refractivity contribution in [3.05, 3.63) is 48.5 Å². The molecule has 0 amide bonds. The topological polar surface area (TPSA) is 48.0 Å². The molecule has 1 heterocycles. The lowest BCUT2D eigenvalue weighted by Crippen LogP contribution is -2.15. The Morgan fingerprint density at radius 2 is 2.06 bits per heavy atom. The van der Waals surface area contributed by atoms with Crippen molar-refractivity contribution >= 4 is 33.0 Å². The second-order valence-corrected chi connectivity index (χ2v) is 6.07. The minimum atomic E-state index is 0.0820. The molecule has 3 nitrogen and oxygen atoms in total. The Hall–Kier alpha value is -1.07. The second kappa shape index (κ2) is 4.66. The zero-order valence-electron chi connectivity index (χ0n) is 9.66. The molecule has 0 atom stereocenters. The van der Waals surface area contributed by atoms with Gasteiger partial charge in [-0.05, 0) is 37.6 Å². The van der Waals surface area contributed by atoms with Crippen molar-refractivity contribution in [3.8, 4) is 0 Å². The lowest BCUT2D eigenvalue weighted by molar-refractivity contribution is 0.751. The molecule has 2 N–H and O–H groups in total. The van der Waals surface area contributed by atoms with Crippen LogP contribution in [-0.4, -0.2) is 4.57 Å². The van der Waals surface area contributed by atoms with Gasteiger partial charge in [-0.1, -0.05) is 27.3 Å². The highest BCUT2D eigenvalue weighted by atomic mass is 79.9. The molecule has 0 aliphatic heterocycles. The van der Waals surface area contributed by atoms with Crippen molar-refractivity contribution in [2.75, 3.05) is 5.73 Å². The first-order valence-corrected chi connectivity index (χ1v) is 6.80. The summed E-state index contributed by atoms with van der Waals surface area (Å²) in [7, 11) is 0. The number of halogens is 1. The summed E-state index contributed by atoms with van der Waals surface area (Å²) in [5, 5.41) is 0. The van der Waals surface area contributed by atoms with E-state index in [-0.39, 0.29) is 4.87 Å². The Morgan fingerprint density at radius 3 is 2.59 bits per heavy atom. The van der Waals surface area contributed by atoms with Crippen molar-refractivity contribution < 1.29 is 0 Å². The largest absolute Gasteiger partial charge is 0.399 e. The Balaban J connectivity index is 2.41. The molecule has 1 aromatic carbocycles. The van der Waals surface area contributed by atoms with Crippen molar-refractivity contribution in [1.82, 2.24) is 4.57 Å². The first kappa shape index (κ1) is 12.4. The SMILES string of the molecule is Cc1sc(=O)n(Cc2cc(N)cc(Br)c2)c1C. The normalized spacial score (nSPS) is 10.8. The van der Waals surface area contributed by atoms with E-state index in [1.807, 2.05) is 32.0 Å². The number of nitrogens with zero attached hydrogens (tertiary/aromatic N) is 1. The van der Waals surface area contributed by atoms with Gasteiger partial charge in [0.2, 0.25) is 0 Å². The van der Waals surface area contributed by atoms with Crippen LogP contribution in [0.1, 0.15) is 16.1 Å². The van der Waals surface area contributed by atoms with Gasteiger partial charge < -0.3 is 5.73 Å². The predicted octanol–water partition coefficient (Wildman–Crippen LogP) is 2.92. The molecule has 0 bridgehead atoms. The number of aromatic nitrogens is 1. The summed E-state index contributed by atoms with van der Waals surface area (Å²) in [6, 6.07) is 5.72. The van der Waals surface area contributed by atoms with Gasteiger partial charge in [-0.25, -0.2) is 0 Å². The molecular formula is C12H13BrN2OS. The van der Waals surface area contributed by atoms with Crippen LogP contribution < -0.4 is 10.6 Å². The molecule has 0 saturated heterocycles. The van der Waals surface area contributed by atoms with Gasteiger partial charge in [-0.2, -0.15) is 0 Å². The minimum absolute atomic E-state index is 0.0820. The lowest BCUT2D eigenvalue weighted by Gasteiger charge is -2.07. The van der Waals surface area contributed by atoms with Gasteiger partial charge in [0.1, 0.15) is 0 Å². The second-order valence-electron chi connectivity index (χ2n) is 3.99. The van der Waals surface area contributed by atoms with E-state index in [9.17, 15) is 4.79 Å². The first-order valence-electron chi connectivity index (χ1n) is 5.19. The van der Waals surface area contributed by atoms with E-state index in [0.29, 0.717) is 12.2 Å². The van der Waals surface area contributed by atoms with Gasteiger partial charge in [-0.3, -0.25) is 9.36 Å². The molecule has 0 unspecified atom stereocenters. The van der Waals surface area contributed by atoms with Crippen LogP contribution in [0, 0.1) is 13.8 Å². The molecule has 2 aromatic rings. The van der Waals surface area contributed by atoms with E-state index in [2.05, 4.69) is 15.9 Å². The molecule has 5 heteroatoms. The Morgan fingerprint density at radius 1 is 1.35 bits per heavy atom. The molecule has 90 valence electrons. The molecular weight excluding hydrogens is 300 g/mol. The van der Waals surface area contributed by atoms with E-state index in [1.165, 1.54) is 11.3 Å². The molecule has 0 radical (unpaired) electrons. The molecule has 0 saturated carbocycles. The monoisotopic (exact) mass is 312 g/mol. The summed E-state index contributed by atoms with van der Waals surface area (Å²) < 4.78 is 2.71. The van der Waals surface area contributed by atoms with Gasteiger partial charge in [-0.15, -0.1) is 0 Å². The summed E-state index contributed by atoms with van der Waals surface area (Å²) in [5.41, 5.74) is 8.53. The molecule has 1 aromatic heterocycles. The number of hydrogen-bond donors (Lipinski definition) is 1. The van der Waals surface area contributed by atoms with Crippen LogP contribution in [0.3, 0.4) is 0 Å². The quantitative estimate of drug-likeness (QED) is 0.867. The molecule has 0 spiro atoms. The van der Waals surface area contributed by atoms with Gasteiger partial charge in [0.25, 0.3) is 0 Å². The predicted molar refractivity (Wildman–Crippen MR) is 75.7 cm³/mol. The maximum atomic E-state index is 11.8. The number of anilines is 1. The average Bonchev–Trinajstić information content (AvgIpc) is 2.44. The number of benzene rings is 1. The highest BCUT2D eigenvalue weighted by Crippen LogP contribution is 2.19. The first-order chi connectivity index (χ1) is 7.97. The Bertz CT molecular complexity index is 595. The third-order valence-electron chi connectivity index (χ3n) is 2.70. The van der Waals surface area contributed by atoms with Crippen molar-refractivity contribution in [2.45, 2.75) is 20.4 Å². The third kappa shape index (κ3) is 2.61. The Kier molecular flexibility index (Phi) is 3.40. The van der Waals surface area contributed by atoms with Crippen LogP contribution in [0.5, 0.6) is 0 Å². The van der Waals surface area contributed by atoms with Crippen LogP contribution in [0.15, 0.2) is 27.5 Å². The smallest absolute Gasteiger partial charge is 0.307 e. The summed E-state index contributed by atoms with van der Waals surface area (Å²) in [6.45, 7) is 4.50.